The number of benzene rings is 2. The molecule has 2 aromatic carbocycles. The summed E-state index contributed by atoms with van der Waals surface area (Å²) < 4.78 is 27.5. The first-order valence-electron chi connectivity index (χ1n) is 8.44. The number of carbonyl (C=O) groups excluding carboxylic acids is 1. The molecule has 0 saturated heterocycles. The third kappa shape index (κ3) is 4.69. The summed E-state index contributed by atoms with van der Waals surface area (Å²) in [5.41, 5.74) is 1.00. The van der Waals surface area contributed by atoms with Crippen molar-refractivity contribution in [3.63, 3.8) is 0 Å². The summed E-state index contributed by atoms with van der Waals surface area (Å²) in [5.74, 6) is -0.403. The van der Waals surface area contributed by atoms with Crippen molar-refractivity contribution in [3.8, 4) is 0 Å². The van der Waals surface area contributed by atoms with Gasteiger partial charge in [0.2, 0.25) is 10.0 Å². The van der Waals surface area contributed by atoms with Crippen molar-refractivity contribution >= 4 is 32.5 Å². The Kier molecular flexibility index (Phi) is 4.99. The van der Waals surface area contributed by atoms with E-state index in [4.69, 9.17) is 0 Å². The normalized spacial score (nSPS) is 12.1. The predicted molar refractivity (Wildman–Crippen MR) is 106 cm³/mol. The van der Waals surface area contributed by atoms with Crippen LogP contribution in [-0.4, -0.2) is 24.8 Å². The number of hydrogen-bond acceptors (Lipinski definition) is 4. The maximum Gasteiger partial charge on any atom is 0.255 e. The standard InChI is InChI=1S/C20H21N3O3S/c1-20(2,3)23-27(25,26)17-9-6-8-15(12-17)19(24)22-16-11-14-7-4-5-10-18(14)21-13-16/h4-13,23H,1-3H3,(H,22,24). The summed E-state index contributed by atoms with van der Waals surface area (Å²) in [4.78, 5) is 16.9. The number of amides is 1. The van der Waals surface area contributed by atoms with Crippen molar-refractivity contribution in [2.24, 2.45) is 0 Å². The summed E-state index contributed by atoms with van der Waals surface area (Å²) in [6.07, 6.45) is 1.57. The van der Waals surface area contributed by atoms with Gasteiger partial charge < -0.3 is 5.32 Å². The molecule has 0 saturated carbocycles. The molecule has 2 N–H and O–H groups in total. The molecule has 1 heterocycles. The van der Waals surface area contributed by atoms with Crippen LogP contribution in [0.2, 0.25) is 0 Å². The third-order valence-electron chi connectivity index (χ3n) is 3.70. The number of hydrogen-bond donors (Lipinski definition) is 2. The molecule has 0 aliphatic heterocycles. The van der Waals surface area contributed by atoms with Crippen molar-refractivity contribution in [1.82, 2.24) is 9.71 Å². The second-order valence-corrected chi connectivity index (χ2v) is 8.94. The maximum atomic E-state index is 12.6. The summed E-state index contributed by atoms with van der Waals surface area (Å²) in [6, 6.07) is 15.3. The number of pyridine rings is 1. The van der Waals surface area contributed by atoms with Gasteiger partial charge in [0.25, 0.3) is 5.91 Å². The minimum absolute atomic E-state index is 0.0433. The van der Waals surface area contributed by atoms with Crippen LogP contribution in [0.3, 0.4) is 0 Å². The number of para-hydroxylation sites is 1. The van der Waals surface area contributed by atoms with Gasteiger partial charge in [0.05, 0.1) is 22.3 Å². The smallest absolute Gasteiger partial charge is 0.255 e. The van der Waals surface area contributed by atoms with E-state index in [-0.39, 0.29) is 10.5 Å². The first-order valence-corrected chi connectivity index (χ1v) is 9.93. The Morgan fingerprint density at radius 1 is 1.00 bits per heavy atom. The molecule has 3 rings (SSSR count). The fourth-order valence-corrected chi connectivity index (χ4v) is 4.07. The molecule has 140 valence electrons. The van der Waals surface area contributed by atoms with E-state index in [9.17, 15) is 13.2 Å². The molecule has 3 aromatic rings. The van der Waals surface area contributed by atoms with Crippen molar-refractivity contribution in [2.45, 2.75) is 31.2 Å². The molecule has 1 aromatic heterocycles. The summed E-state index contributed by atoms with van der Waals surface area (Å²) in [5, 5.41) is 3.66. The Bertz CT molecular complexity index is 1100. The van der Waals surface area contributed by atoms with Crippen LogP contribution in [0.25, 0.3) is 10.9 Å². The van der Waals surface area contributed by atoms with Gasteiger partial charge in [-0.15, -0.1) is 0 Å². The number of nitrogens with one attached hydrogen (secondary N) is 2. The number of sulfonamides is 1. The van der Waals surface area contributed by atoms with Crippen molar-refractivity contribution < 1.29 is 13.2 Å². The molecule has 0 fully saturated rings. The van der Waals surface area contributed by atoms with E-state index in [1.54, 1.807) is 39.1 Å². The van der Waals surface area contributed by atoms with E-state index in [1.807, 2.05) is 30.3 Å². The number of aromatic nitrogens is 1. The highest BCUT2D eigenvalue weighted by Gasteiger charge is 2.22. The molecule has 0 spiro atoms. The number of anilines is 1. The first-order chi connectivity index (χ1) is 12.6. The minimum Gasteiger partial charge on any atom is -0.321 e. The van der Waals surface area contributed by atoms with Gasteiger partial charge in [0, 0.05) is 16.5 Å². The van der Waals surface area contributed by atoms with Gasteiger partial charge in [0.1, 0.15) is 0 Å². The Morgan fingerprint density at radius 2 is 1.74 bits per heavy atom. The largest absolute Gasteiger partial charge is 0.321 e. The summed E-state index contributed by atoms with van der Waals surface area (Å²) in [6.45, 7) is 5.27. The van der Waals surface area contributed by atoms with Crippen molar-refractivity contribution in [3.05, 3.63) is 66.4 Å². The lowest BCUT2D eigenvalue weighted by molar-refractivity contribution is 0.102. The minimum atomic E-state index is -3.72. The van der Waals surface area contributed by atoms with Crippen molar-refractivity contribution in [1.29, 1.82) is 0 Å². The van der Waals surface area contributed by atoms with Crippen LogP contribution in [0.4, 0.5) is 5.69 Å². The van der Waals surface area contributed by atoms with Crippen LogP contribution in [-0.2, 0) is 10.0 Å². The van der Waals surface area contributed by atoms with Gasteiger partial charge in [-0.05, 0) is 51.1 Å². The molecular weight excluding hydrogens is 362 g/mol. The topological polar surface area (TPSA) is 88.2 Å². The SMILES string of the molecule is CC(C)(C)NS(=O)(=O)c1cccc(C(=O)Nc2cnc3ccccc3c2)c1. The first kappa shape index (κ1) is 19.0. The maximum absolute atomic E-state index is 12.6. The van der Waals surface area contributed by atoms with E-state index in [0.29, 0.717) is 5.69 Å². The molecule has 1 amide bonds. The molecule has 7 heteroatoms. The van der Waals surface area contributed by atoms with Crippen LogP contribution in [0.15, 0.2) is 65.7 Å². The van der Waals surface area contributed by atoms with Crippen LogP contribution in [0, 0.1) is 0 Å². The fraction of sp³-hybridized carbons (Fsp3) is 0.200. The monoisotopic (exact) mass is 383 g/mol. The highest BCUT2D eigenvalue weighted by molar-refractivity contribution is 7.89. The van der Waals surface area contributed by atoms with Gasteiger partial charge in [0.15, 0.2) is 0 Å². The fourth-order valence-electron chi connectivity index (χ4n) is 2.61. The van der Waals surface area contributed by atoms with Gasteiger partial charge in [-0.3, -0.25) is 9.78 Å². The number of carbonyl (C=O) groups is 1. The summed E-state index contributed by atoms with van der Waals surface area (Å²) in [7, 11) is -3.72. The molecule has 0 atom stereocenters. The quantitative estimate of drug-likeness (QED) is 0.721. The van der Waals surface area contributed by atoms with Gasteiger partial charge in [-0.2, -0.15) is 0 Å². The van der Waals surface area contributed by atoms with E-state index < -0.39 is 21.5 Å². The molecule has 0 bridgehead atoms. The van der Waals surface area contributed by atoms with Gasteiger partial charge >= 0.3 is 0 Å². The zero-order valence-corrected chi connectivity index (χ0v) is 16.2. The lowest BCUT2D eigenvalue weighted by Gasteiger charge is -2.20. The molecule has 0 radical (unpaired) electrons. The predicted octanol–water partition coefficient (Wildman–Crippen LogP) is 3.56. The Balaban J connectivity index is 1.84. The molecule has 6 nitrogen and oxygen atoms in total. The second-order valence-electron chi connectivity index (χ2n) is 7.25. The van der Waals surface area contributed by atoms with Crippen molar-refractivity contribution in [2.75, 3.05) is 5.32 Å². The molecular formula is C20H21N3O3S. The molecule has 0 aliphatic carbocycles. The third-order valence-corrected chi connectivity index (χ3v) is 5.45. The van der Waals surface area contributed by atoms with E-state index in [2.05, 4.69) is 15.0 Å². The highest BCUT2D eigenvalue weighted by Crippen LogP contribution is 2.18. The lowest BCUT2D eigenvalue weighted by atomic mass is 10.1. The molecule has 27 heavy (non-hydrogen) atoms. The number of rotatable bonds is 4. The average Bonchev–Trinajstić information content (AvgIpc) is 2.60. The number of nitrogens with zero attached hydrogens (tertiary/aromatic N) is 1. The molecule has 0 unspecified atom stereocenters. The Labute approximate surface area is 158 Å². The van der Waals surface area contributed by atoms with Gasteiger partial charge in [-0.25, -0.2) is 13.1 Å². The second kappa shape index (κ2) is 7.09. The van der Waals surface area contributed by atoms with Crippen LogP contribution in [0.1, 0.15) is 31.1 Å². The van der Waals surface area contributed by atoms with E-state index in [1.165, 1.54) is 12.1 Å². The van der Waals surface area contributed by atoms with E-state index in [0.717, 1.165) is 10.9 Å². The Morgan fingerprint density at radius 3 is 2.48 bits per heavy atom. The van der Waals surface area contributed by atoms with Crippen LogP contribution >= 0.6 is 0 Å². The van der Waals surface area contributed by atoms with E-state index >= 15 is 0 Å². The van der Waals surface area contributed by atoms with Crippen LogP contribution in [0.5, 0.6) is 0 Å². The number of fused-ring (bicyclic) bond motifs is 1. The zero-order valence-electron chi connectivity index (χ0n) is 15.4. The Hall–Kier alpha value is -2.77. The molecule has 0 aliphatic rings. The average molecular weight is 383 g/mol. The zero-order chi connectivity index (χ0) is 19.7. The van der Waals surface area contributed by atoms with Crippen LogP contribution < -0.4 is 10.0 Å². The summed E-state index contributed by atoms with van der Waals surface area (Å²) >= 11 is 0. The van der Waals surface area contributed by atoms with Gasteiger partial charge in [-0.1, -0.05) is 24.3 Å². The highest BCUT2D eigenvalue weighted by atomic mass is 32.2. The lowest BCUT2D eigenvalue weighted by Crippen LogP contribution is -2.40.